The van der Waals surface area contributed by atoms with Gasteiger partial charge in [-0.05, 0) is 54.2 Å². The molecule has 0 spiro atoms. The summed E-state index contributed by atoms with van der Waals surface area (Å²) in [6.07, 6.45) is 3.40. The maximum atomic E-state index is 13.0. The SMILES string of the molecule is CC1CCCC(NC(=O)c2ccc3c(c2)N(Cc2cccc(Cl)c2)C(=O)CS3)C1C. The van der Waals surface area contributed by atoms with Crippen LogP contribution >= 0.6 is 23.4 Å². The number of nitrogens with zero attached hydrogens (tertiary/aromatic N) is 1. The van der Waals surface area contributed by atoms with Gasteiger partial charge in [0.1, 0.15) is 0 Å². The number of benzene rings is 2. The summed E-state index contributed by atoms with van der Waals surface area (Å²) in [7, 11) is 0. The Hall–Kier alpha value is -1.98. The van der Waals surface area contributed by atoms with E-state index in [1.165, 1.54) is 18.2 Å². The smallest absolute Gasteiger partial charge is 0.251 e. The van der Waals surface area contributed by atoms with Crippen LogP contribution in [0.2, 0.25) is 5.02 Å². The van der Waals surface area contributed by atoms with E-state index in [2.05, 4.69) is 19.2 Å². The normalized spacial score (nSPS) is 23.8. The van der Waals surface area contributed by atoms with Crippen molar-refractivity contribution in [3.8, 4) is 0 Å². The van der Waals surface area contributed by atoms with Crippen molar-refractivity contribution in [1.29, 1.82) is 0 Å². The summed E-state index contributed by atoms with van der Waals surface area (Å²) < 4.78 is 0. The summed E-state index contributed by atoms with van der Waals surface area (Å²) in [6, 6.07) is 13.4. The van der Waals surface area contributed by atoms with E-state index in [0.29, 0.717) is 34.7 Å². The molecule has 30 heavy (non-hydrogen) atoms. The van der Waals surface area contributed by atoms with Crippen LogP contribution in [-0.2, 0) is 11.3 Å². The number of fused-ring (bicyclic) bond motifs is 1. The minimum Gasteiger partial charge on any atom is -0.349 e. The number of rotatable bonds is 4. The molecule has 1 aliphatic carbocycles. The van der Waals surface area contributed by atoms with Gasteiger partial charge in [-0.15, -0.1) is 11.8 Å². The molecule has 2 aromatic carbocycles. The highest BCUT2D eigenvalue weighted by Gasteiger charge is 2.30. The lowest BCUT2D eigenvalue weighted by Gasteiger charge is -2.34. The fourth-order valence-electron chi connectivity index (χ4n) is 4.37. The highest BCUT2D eigenvalue weighted by molar-refractivity contribution is 8.00. The average Bonchev–Trinajstić information content (AvgIpc) is 2.73. The molecule has 0 bridgehead atoms. The van der Waals surface area contributed by atoms with Crippen LogP contribution in [0.15, 0.2) is 47.4 Å². The van der Waals surface area contributed by atoms with Gasteiger partial charge < -0.3 is 10.2 Å². The van der Waals surface area contributed by atoms with Gasteiger partial charge in [-0.25, -0.2) is 0 Å². The van der Waals surface area contributed by atoms with Crippen molar-refractivity contribution in [2.24, 2.45) is 11.8 Å². The molecule has 4 rings (SSSR count). The second-order valence-electron chi connectivity index (χ2n) is 8.43. The lowest BCUT2D eigenvalue weighted by Crippen LogP contribution is -2.43. The van der Waals surface area contributed by atoms with E-state index >= 15 is 0 Å². The van der Waals surface area contributed by atoms with Crippen molar-refractivity contribution in [3.63, 3.8) is 0 Å². The molecule has 1 N–H and O–H groups in total. The molecule has 1 fully saturated rings. The zero-order valence-electron chi connectivity index (χ0n) is 17.4. The summed E-state index contributed by atoms with van der Waals surface area (Å²) in [5.74, 6) is 1.47. The van der Waals surface area contributed by atoms with Gasteiger partial charge >= 0.3 is 0 Å². The monoisotopic (exact) mass is 442 g/mol. The molecule has 2 aromatic rings. The lowest BCUT2D eigenvalue weighted by molar-refractivity contribution is -0.116. The Kier molecular flexibility index (Phi) is 6.40. The quantitative estimate of drug-likeness (QED) is 0.676. The van der Waals surface area contributed by atoms with Gasteiger partial charge in [0.2, 0.25) is 5.91 Å². The molecule has 0 saturated heterocycles. The second kappa shape index (κ2) is 9.03. The van der Waals surface area contributed by atoms with Crippen LogP contribution in [0.25, 0.3) is 0 Å². The van der Waals surface area contributed by atoms with Gasteiger partial charge in [-0.1, -0.05) is 50.4 Å². The molecule has 0 aromatic heterocycles. The fraction of sp³-hybridized carbons (Fsp3) is 0.417. The van der Waals surface area contributed by atoms with Crippen LogP contribution in [0.4, 0.5) is 5.69 Å². The van der Waals surface area contributed by atoms with E-state index in [0.717, 1.165) is 29.0 Å². The van der Waals surface area contributed by atoms with Crippen molar-refractivity contribution >= 4 is 40.9 Å². The number of carbonyl (C=O) groups is 2. The number of amides is 2. The highest BCUT2D eigenvalue weighted by Crippen LogP contribution is 2.37. The lowest BCUT2D eigenvalue weighted by atomic mass is 9.78. The van der Waals surface area contributed by atoms with E-state index in [4.69, 9.17) is 11.6 Å². The van der Waals surface area contributed by atoms with Crippen LogP contribution < -0.4 is 10.2 Å². The summed E-state index contributed by atoms with van der Waals surface area (Å²) in [5, 5.41) is 3.89. The zero-order chi connectivity index (χ0) is 21.3. The molecule has 4 nitrogen and oxygen atoms in total. The largest absolute Gasteiger partial charge is 0.349 e. The van der Waals surface area contributed by atoms with E-state index in [-0.39, 0.29) is 17.9 Å². The number of hydrogen-bond acceptors (Lipinski definition) is 3. The van der Waals surface area contributed by atoms with E-state index in [9.17, 15) is 9.59 Å². The number of hydrogen-bond donors (Lipinski definition) is 1. The molecule has 3 atom stereocenters. The highest BCUT2D eigenvalue weighted by atomic mass is 35.5. The molecule has 0 radical (unpaired) electrons. The summed E-state index contributed by atoms with van der Waals surface area (Å²) >= 11 is 7.64. The number of nitrogens with one attached hydrogen (secondary N) is 1. The van der Waals surface area contributed by atoms with Crippen molar-refractivity contribution in [1.82, 2.24) is 5.32 Å². The second-order valence-corrected chi connectivity index (χ2v) is 9.88. The number of anilines is 1. The van der Waals surface area contributed by atoms with E-state index in [1.54, 1.807) is 4.90 Å². The molecule has 3 unspecified atom stereocenters. The third-order valence-electron chi connectivity index (χ3n) is 6.42. The maximum Gasteiger partial charge on any atom is 0.251 e. The van der Waals surface area contributed by atoms with Crippen LogP contribution in [0.5, 0.6) is 0 Å². The molecular formula is C24H27ClN2O2S. The summed E-state index contributed by atoms with van der Waals surface area (Å²) in [6.45, 7) is 4.93. The van der Waals surface area contributed by atoms with Crippen molar-refractivity contribution in [3.05, 3.63) is 58.6 Å². The Labute approximate surface area is 187 Å². The van der Waals surface area contributed by atoms with Gasteiger partial charge in [0.15, 0.2) is 0 Å². The van der Waals surface area contributed by atoms with E-state index in [1.807, 2.05) is 42.5 Å². The fourth-order valence-corrected chi connectivity index (χ4v) is 5.50. The van der Waals surface area contributed by atoms with Crippen LogP contribution in [-0.4, -0.2) is 23.6 Å². The van der Waals surface area contributed by atoms with Gasteiger partial charge in [0.25, 0.3) is 5.91 Å². The number of thioether (sulfide) groups is 1. The standard InChI is InChI=1S/C24H27ClN2O2S/c1-15-5-3-8-20(16(15)2)26-24(29)18-9-10-22-21(12-18)27(23(28)14-30-22)13-17-6-4-7-19(25)11-17/h4,6-7,9-12,15-16,20H,3,5,8,13-14H2,1-2H3,(H,26,29). The van der Waals surface area contributed by atoms with Gasteiger partial charge in [0, 0.05) is 21.5 Å². The first-order valence-corrected chi connectivity index (χ1v) is 11.9. The molecule has 158 valence electrons. The van der Waals surface area contributed by atoms with Gasteiger partial charge in [0.05, 0.1) is 18.0 Å². The maximum absolute atomic E-state index is 13.0. The first-order valence-electron chi connectivity index (χ1n) is 10.5. The molecule has 1 heterocycles. The Balaban J connectivity index is 1.57. The zero-order valence-corrected chi connectivity index (χ0v) is 18.9. The first kappa shape index (κ1) is 21.3. The Morgan fingerprint density at radius 1 is 1.20 bits per heavy atom. The third kappa shape index (κ3) is 4.52. The third-order valence-corrected chi connectivity index (χ3v) is 7.70. The molecular weight excluding hydrogens is 416 g/mol. The van der Waals surface area contributed by atoms with Gasteiger partial charge in [-0.3, -0.25) is 9.59 Å². The predicted molar refractivity (Wildman–Crippen MR) is 123 cm³/mol. The summed E-state index contributed by atoms with van der Waals surface area (Å²) in [5.41, 5.74) is 2.37. The molecule has 2 amide bonds. The molecule has 1 aliphatic heterocycles. The summed E-state index contributed by atoms with van der Waals surface area (Å²) in [4.78, 5) is 28.5. The minimum atomic E-state index is -0.0607. The number of halogens is 1. The van der Waals surface area contributed by atoms with E-state index < -0.39 is 0 Å². The molecule has 6 heteroatoms. The van der Waals surface area contributed by atoms with Crippen molar-refractivity contribution in [2.75, 3.05) is 10.7 Å². The van der Waals surface area contributed by atoms with Gasteiger partial charge in [-0.2, -0.15) is 0 Å². The van der Waals surface area contributed by atoms with Crippen LogP contribution in [0.1, 0.15) is 49.0 Å². The average molecular weight is 443 g/mol. The Bertz CT molecular complexity index is 964. The Morgan fingerprint density at radius 3 is 2.83 bits per heavy atom. The van der Waals surface area contributed by atoms with Crippen molar-refractivity contribution in [2.45, 2.75) is 50.6 Å². The first-order chi connectivity index (χ1) is 14.4. The molecule has 1 saturated carbocycles. The van der Waals surface area contributed by atoms with Crippen LogP contribution in [0, 0.1) is 11.8 Å². The topological polar surface area (TPSA) is 49.4 Å². The molecule has 2 aliphatic rings. The Morgan fingerprint density at radius 2 is 2.03 bits per heavy atom. The number of carbonyl (C=O) groups excluding carboxylic acids is 2. The van der Waals surface area contributed by atoms with Crippen molar-refractivity contribution < 1.29 is 9.59 Å². The predicted octanol–water partition coefficient (Wildman–Crippen LogP) is 5.53. The minimum absolute atomic E-state index is 0.0414. The van der Waals surface area contributed by atoms with Crippen LogP contribution in [0.3, 0.4) is 0 Å².